The zero-order valence-electron chi connectivity index (χ0n) is 11.6. The van der Waals surface area contributed by atoms with Crippen LogP contribution in [0, 0.1) is 10.1 Å². The highest BCUT2D eigenvalue weighted by molar-refractivity contribution is 7.89. The smallest absolute Gasteiger partial charge is 0.269 e. The van der Waals surface area contributed by atoms with E-state index in [4.69, 9.17) is 0 Å². The number of halogens is 1. The summed E-state index contributed by atoms with van der Waals surface area (Å²) in [5, 5.41) is 13.7. The Balaban J connectivity index is 0.00000220. The van der Waals surface area contributed by atoms with Gasteiger partial charge in [0.25, 0.3) is 5.69 Å². The zero-order chi connectivity index (χ0) is 14.8. The molecule has 0 aliphatic carbocycles. The minimum absolute atomic E-state index is 0. The largest absolute Gasteiger partial charge is 0.317 e. The predicted octanol–water partition coefficient (Wildman–Crippen LogP) is 1.39. The fourth-order valence-corrected chi connectivity index (χ4v) is 3.74. The second kappa shape index (κ2) is 7.17. The maximum Gasteiger partial charge on any atom is 0.269 e. The average Bonchev–Trinajstić information content (AvgIpc) is 2.47. The molecule has 1 aromatic rings. The average molecular weight is 336 g/mol. The highest BCUT2D eigenvalue weighted by Crippen LogP contribution is 2.22. The molecular weight excluding hydrogens is 318 g/mol. The van der Waals surface area contributed by atoms with Gasteiger partial charge in [-0.2, -0.15) is 4.31 Å². The van der Waals surface area contributed by atoms with Gasteiger partial charge in [-0.15, -0.1) is 12.4 Å². The van der Waals surface area contributed by atoms with Crippen LogP contribution in [0.2, 0.25) is 0 Å². The molecule has 1 aliphatic rings. The third kappa shape index (κ3) is 3.91. The summed E-state index contributed by atoms with van der Waals surface area (Å²) in [6.45, 7) is 0.926. The number of benzene rings is 1. The molecule has 0 aromatic heterocycles. The lowest BCUT2D eigenvalue weighted by Gasteiger charge is -2.30. The number of piperidine rings is 1. The van der Waals surface area contributed by atoms with Gasteiger partial charge in [-0.1, -0.05) is 0 Å². The van der Waals surface area contributed by atoms with Gasteiger partial charge in [0.2, 0.25) is 10.0 Å². The van der Waals surface area contributed by atoms with Crippen molar-refractivity contribution in [3.05, 3.63) is 34.4 Å². The van der Waals surface area contributed by atoms with Crippen LogP contribution in [-0.4, -0.2) is 43.8 Å². The molecule has 1 heterocycles. The Kier molecular flexibility index (Phi) is 6.09. The molecule has 1 aromatic carbocycles. The summed E-state index contributed by atoms with van der Waals surface area (Å²) in [5.41, 5.74) is -0.113. The van der Waals surface area contributed by atoms with Crippen LogP contribution < -0.4 is 5.32 Å². The summed E-state index contributed by atoms with van der Waals surface area (Å²) in [5.74, 6) is 0. The molecule has 0 atom stereocenters. The minimum Gasteiger partial charge on any atom is -0.317 e. The Bertz CT molecular complexity index is 583. The van der Waals surface area contributed by atoms with Crippen molar-refractivity contribution in [1.82, 2.24) is 9.62 Å². The van der Waals surface area contributed by atoms with Crippen LogP contribution in [0.4, 0.5) is 5.69 Å². The van der Waals surface area contributed by atoms with E-state index in [1.165, 1.54) is 28.6 Å². The van der Waals surface area contributed by atoms with Crippen LogP contribution in [0.15, 0.2) is 29.2 Å². The first-order valence-corrected chi connectivity index (χ1v) is 7.81. The molecule has 118 valence electrons. The zero-order valence-corrected chi connectivity index (χ0v) is 13.2. The van der Waals surface area contributed by atoms with Gasteiger partial charge in [0, 0.05) is 31.3 Å². The van der Waals surface area contributed by atoms with Crippen LogP contribution in [0.1, 0.15) is 12.8 Å². The first-order chi connectivity index (χ1) is 9.45. The molecule has 9 heteroatoms. The SMILES string of the molecule is CNC1CCN(S(=O)(=O)c2ccc([N+](=O)[O-])cc2)CC1.Cl. The third-order valence-corrected chi connectivity index (χ3v) is 5.46. The molecule has 1 aliphatic heterocycles. The van der Waals surface area contributed by atoms with E-state index in [9.17, 15) is 18.5 Å². The van der Waals surface area contributed by atoms with Crippen molar-refractivity contribution >= 4 is 28.1 Å². The van der Waals surface area contributed by atoms with Crippen LogP contribution in [0.5, 0.6) is 0 Å². The van der Waals surface area contributed by atoms with E-state index in [1.807, 2.05) is 7.05 Å². The Morgan fingerprint density at radius 2 is 1.76 bits per heavy atom. The summed E-state index contributed by atoms with van der Waals surface area (Å²) < 4.78 is 26.2. The lowest BCUT2D eigenvalue weighted by molar-refractivity contribution is -0.384. The van der Waals surface area contributed by atoms with Gasteiger partial charge < -0.3 is 5.32 Å². The minimum atomic E-state index is -3.55. The maximum absolute atomic E-state index is 12.4. The number of hydrogen-bond acceptors (Lipinski definition) is 5. The maximum atomic E-state index is 12.4. The first kappa shape index (κ1) is 17.8. The lowest BCUT2D eigenvalue weighted by Crippen LogP contribution is -2.43. The van der Waals surface area contributed by atoms with Crippen molar-refractivity contribution < 1.29 is 13.3 Å². The molecule has 0 radical (unpaired) electrons. The molecule has 0 saturated carbocycles. The fourth-order valence-electron chi connectivity index (χ4n) is 2.27. The number of nitro benzene ring substituents is 1. The van der Waals surface area contributed by atoms with Gasteiger partial charge in [0.15, 0.2) is 0 Å². The quantitative estimate of drug-likeness (QED) is 0.663. The summed E-state index contributed by atoms with van der Waals surface area (Å²) >= 11 is 0. The Morgan fingerprint density at radius 3 is 2.19 bits per heavy atom. The normalized spacial score (nSPS) is 17.2. The van der Waals surface area contributed by atoms with Crippen LogP contribution in [-0.2, 0) is 10.0 Å². The molecule has 1 N–H and O–H groups in total. The van der Waals surface area contributed by atoms with Gasteiger partial charge in [0.1, 0.15) is 0 Å². The van der Waals surface area contributed by atoms with Crippen molar-refractivity contribution in [3.8, 4) is 0 Å². The molecule has 0 spiro atoms. The van der Waals surface area contributed by atoms with Gasteiger partial charge in [-0.05, 0) is 32.0 Å². The number of rotatable bonds is 4. The lowest BCUT2D eigenvalue weighted by atomic mass is 10.1. The van der Waals surface area contributed by atoms with Crippen molar-refractivity contribution in [3.63, 3.8) is 0 Å². The predicted molar refractivity (Wildman–Crippen MR) is 81.2 cm³/mol. The van der Waals surface area contributed by atoms with E-state index < -0.39 is 14.9 Å². The molecule has 0 bridgehead atoms. The van der Waals surface area contributed by atoms with Crippen molar-refractivity contribution in [2.75, 3.05) is 20.1 Å². The van der Waals surface area contributed by atoms with E-state index in [0.29, 0.717) is 19.1 Å². The Labute approximate surface area is 129 Å². The number of hydrogen-bond donors (Lipinski definition) is 1. The second-order valence-corrected chi connectivity index (χ2v) is 6.66. The van der Waals surface area contributed by atoms with Crippen LogP contribution in [0.25, 0.3) is 0 Å². The molecule has 2 rings (SSSR count). The first-order valence-electron chi connectivity index (χ1n) is 6.37. The van der Waals surface area contributed by atoms with E-state index in [-0.39, 0.29) is 23.0 Å². The summed E-state index contributed by atoms with van der Waals surface area (Å²) in [6, 6.07) is 5.36. The highest BCUT2D eigenvalue weighted by Gasteiger charge is 2.29. The van der Waals surface area contributed by atoms with E-state index in [2.05, 4.69) is 5.32 Å². The van der Waals surface area contributed by atoms with Crippen molar-refractivity contribution in [2.45, 2.75) is 23.8 Å². The number of nitrogens with one attached hydrogen (secondary N) is 1. The molecule has 1 fully saturated rings. The summed E-state index contributed by atoms with van der Waals surface area (Å²) in [7, 11) is -1.69. The van der Waals surface area contributed by atoms with E-state index in [1.54, 1.807) is 0 Å². The molecule has 0 amide bonds. The number of sulfonamides is 1. The summed E-state index contributed by atoms with van der Waals surface area (Å²) in [6.07, 6.45) is 1.53. The number of nitrogens with zero attached hydrogens (tertiary/aromatic N) is 2. The van der Waals surface area contributed by atoms with Gasteiger partial charge in [0.05, 0.1) is 9.82 Å². The molecule has 21 heavy (non-hydrogen) atoms. The van der Waals surface area contributed by atoms with Gasteiger partial charge in [-0.25, -0.2) is 8.42 Å². The van der Waals surface area contributed by atoms with E-state index in [0.717, 1.165) is 12.8 Å². The monoisotopic (exact) mass is 335 g/mol. The molecule has 7 nitrogen and oxygen atoms in total. The van der Waals surface area contributed by atoms with Gasteiger partial charge in [-0.3, -0.25) is 10.1 Å². The third-order valence-electron chi connectivity index (χ3n) is 3.55. The standard InChI is InChI=1S/C12H17N3O4S.ClH/c1-13-10-6-8-14(9-7-10)20(18,19)12-4-2-11(3-5-12)15(16)17;/h2-5,10,13H,6-9H2,1H3;1H. The molecular formula is C12H18ClN3O4S. The molecule has 1 saturated heterocycles. The Hall–Kier alpha value is -1.22. The topological polar surface area (TPSA) is 92.6 Å². The van der Waals surface area contributed by atoms with Crippen LogP contribution in [0.3, 0.4) is 0 Å². The van der Waals surface area contributed by atoms with Crippen molar-refractivity contribution in [2.24, 2.45) is 0 Å². The fraction of sp³-hybridized carbons (Fsp3) is 0.500. The highest BCUT2D eigenvalue weighted by atomic mass is 35.5. The second-order valence-electron chi connectivity index (χ2n) is 4.72. The molecule has 0 unspecified atom stereocenters. The van der Waals surface area contributed by atoms with Crippen molar-refractivity contribution in [1.29, 1.82) is 0 Å². The summed E-state index contributed by atoms with van der Waals surface area (Å²) in [4.78, 5) is 10.1. The Morgan fingerprint density at radius 1 is 1.24 bits per heavy atom. The number of nitro groups is 1. The van der Waals surface area contributed by atoms with E-state index >= 15 is 0 Å². The number of non-ortho nitro benzene ring substituents is 1. The van der Waals surface area contributed by atoms with Gasteiger partial charge >= 0.3 is 0 Å². The van der Waals surface area contributed by atoms with Crippen LogP contribution >= 0.6 is 12.4 Å².